The minimum absolute atomic E-state index is 0.0687. The van der Waals surface area contributed by atoms with Crippen LogP contribution in [0.1, 0.15) is 66.2 Å². The summed E-state index contributed by atoms with van der Waals surface area (Å²) in [5, 5.41) is 0. The zero-order valence-corrected chi connectivity index (χ0v) is 19.4. The van der Waals surface area contributed by atoms with Crippen LogP contribution in [-0.2, 0) is 28.5 Å². The number of carbonyl (C=O) groups is 2. The van der Waals surface area contributed by atoms with E-state index in [-0.39, 0.29) is 46.6 Å². The molecule has 1 saturated heterocycles. The standard InChI is InChI=1S/C24H38O6/c1-14(25)30-19-12-18-22(2,3)10-7-11-23(18,4)17-9-8-15(20(26)27-5)16-13-29-21(28-6)24(16,17)19/h15-19,21H,7-13H2,1-6H3/t15-,16-,17-,18+,19-,21+,23-,24+/m1/s1. The highest BCUT2D eigenvalue weighted by Crippen LogP contribution is 2.72. The smallest absolute Gasteiger partial charge is 0.309 e. The molecular formula is C24H38O6. The number of carbonyl (C=O) groups excluding carboxylic acids is 2. The first-order valence-corrected chi connectivity index (χ1v) is 11.5. The summed E-state index contributed by atoms with van der Waals surface area (Å²) in [6.07, 6.45) is 5.25. The van der Waals surface area contributed by atoms with Crippen molar-refractivity contribution >= 4 is 11.9 Å². The van der Waals surface area contributed by atoms with Gasteiger partial charge in [-0.05, 0) is 54.8 Å². The lowest BCUT2D eigenvalue weighted by molar-refractivity contribution is -0.280. The van der Waals surface area contributed by atoms with E-state index in [9.17, 15) is 9.59 Å². The van der Waals surface area contributed by atoms with Gasteiger partial charge in [0.2, 0.25) is 0 Å². The largest absolute Gasteiger partial charge is 0.469 e. The van der Waals surface area contributed by atoms with E-state index in [2.05, 4.69) is 20.8 Å². The molecule has 4 rings (SSSR count). The van der Waals surface area contributed by atoms with Gasteiger partial charge in [0.1, 0.15) is 6.10 Å². The normalized spacial score (nSPS) is 46.9. The highest BCUT2D eigenvalue weighted by atomic mass is 16.7. The lowest BCUT2D eigenvalue weighted by Crippen LogP contribution is -2.68. The molecule has 0 aromatic rings. The quantitative estimate of drug-likeness (QED) is 0.641. The molecule has 4 aliphatic rings. The Bertz CT molecular complexity index is 704. The summed E-state index contributed by atoms with van der Waals surface area (Å²) in [5.41, 5.74) is -0.234. The van der Waals surface area contributed by atoms with Crippen LogP contribution in [0, 0.1) is 39.9 Å². The van der Waals surface area contributed by atoms with Crippen molar-refractivity contribution in [3.63, 3.8) is 0 Å². The summed E-state index contributed by atoms with van der Waals surface area (Å²) in [6, 6.07) is 0. The molecule has 4 fully saturated rings. The van der Waals surface area contributed by atoms with Crippen molar-refractivity contribution in [1.29, 1.82) is 0 Å². The van der Waals surface area contributed by atoms with Gasteiger partial charge in [-0.25, -0.2) is 0 Å². The average molecular weight is 423 g/mol. The zero-order chi connectivity index (χ0) is 21.9. The second-order valence-electron chi connectivity index (χ2n) is 11.0. The Morgan fingerprint density at radius 3 is 2.40 bits per heavy atom. The molecule has 0 bridgehead atoms. The van der Waals surface area contributed by atoms with E-state index in [1.165, 1.54) is 26.9 Å². The van der Waals surface area contributed by atoms with Gasteiger partial charge in [-0.3, -0.25) is 9.59 Å². The Hall–Kier alpha value is -1.14. The molecule has 0 aromatic heterocycles. The molecule has 1 spiro atoms. The lowest BCUT2D eigenvalue weighted by Gasteiger charge is -2.67. The lowest BCUT2D eigenvalue weighted by atomic mass is 9.37. The van der Waals surface area contributed by atoms with Gasteiger partial charge in [0.25, 0.3) is 0 Å². The maximum absolute atomic E-state index is 12.7. The van der Waals surface area contributed by atoms with Crippen LogP contribution in [0.3, 0.4) is 0 Å². The highest BCUT2D eigenvalue weighted by molar-refractivity contribution is 5.73. The third-order valence-electron chi connectivity index (χ3n) is 9.44. The maximum atomic E-state index is 12.7. The van der Waals surface area contributed by atoms with E-state index in [1.807, 2.05) is 0 Å². The number of methoxy groups -OCH3 is 2. The van der Waals surface area contributed by atoms with E-state index >= 15 is 0 Å². The molecule has 8 atom stereocenters. The average Bonchev–Trinajstić information content (AvgIpc) is 3.07. The van der Waals surface area contributed by atoms with Crippen LogP contribution in [-0.4, -0.2) is 45.2 Å². The fourth-order valence-electron chi connectivity index (χ4n) is 8.50. The first-order valence-electron chi connectivity index (χ1n) is 11.5. The maximum Gasteiger partial charge on any atom is 0.309 e. The molecule has 0 aromatic carbocycles. The van der Waals surface area contributed by atoms with Crippen molar-refractivity contribution in [3.05, 3.63) is 0 Å². The summed E-state index contributed by atoms with van der Waals surface area (Å²) in [7, 11) is 3.13. The van der Waals surface area contributed by atoms with Crippen molar-refractivity contribution in [2.24, 2.45) is 39.9 Å². The van der Waals surface area contributed by atoms with Gasteiger partial charge in [-0.2, -0.15) is 0 Å². The van der Waals surface area contributed by atoms with Crippen LogP contribution in [0.25, 0.3) is 0 Å². The topological polar surface area (TPSA) is 71.1 Å². The Balaban J connectivity index is 1.88. The van der Waals surface area contributed by atoms with Crippen LogP contribution in [0.2, 0.25) is 0 Å². The van der Waals surface area contributed by atoms with Crippen molar-refractivity contribution < 1.29 is 28.5 Å². The van der Waals surface area contributed by atoms with E-state index in [1.54, 1.807) is 7.11 Å². The molecule has 6 heteroatoms. The van der Waals surface area contributed by atoms with Crippen molar-refractivity contribution in [3.8, 4) is 0 Å². The van der Waals surface area contributed by atoms with Crippen molar-refractivity contribution in [1.82, 2.24) is 0 Å². The molecule has 3 aliphatic carbocycles. The van der Waals surface area contributed by atoms with Crippen LogP contribution >= 0.6 is 0 Å². The van der Waals surface area contributed by atoms with Crippen LogP contribution < -0.4 is 0 Å². The Labute approximate surface area is 180 Å². The molecule has 0 radical (unpaired) electrons. The Morgan fingerprint density at radius 2 is 1.77 bits per heavy atom. The second kappa shape index (κ2) is 7.47. The second-order valence-corrected chi connectivity index (χ2v) is 11.0. The highest BCUT2D eigenvalue weighted by Gasteiger charge is 2.74. The summed E-state index contributed by atoms with van der Waals surface area (Å²) in [6.45, 7) is 9.10. The summed E-state index contributed by atoms with van der Waals surface area (Å²) in [5.74, 6) is -0.0535. The number of fused-ring (bicyclic) bond motifs is 2. The molecule has 30 heavy (non-hydrogen) atoms. The monoisotopic (exact) mass is 422 g/mol. The van der Waals surface area contributed by atoms with Crippen LogP contribution in [0.5, 0.6) is 0 Å². The van der Waals surface area contributed by atoms with E-state index < -0.39 is 11.7 Å². The van der Waals surface area contributed by atoms with Crippen molar-refractivity contribution in [2.45, 2.75) is 78.6 Å². The molecule has 0 N–H and O–H groups in total. The number of hydrogen-bond donors (Lipinski definition) is 0. The first kappa shape index (κ1) is 22.1. The number of rotatable bonds is 3. The molecule has 170 valence electrons. The third kappa shape index (κ3) is 2.89. The summed E-state index contributed by atoms with van der Waals surface area (Å²) in [4.78, 5) is 25.0. The minimum Gasteiger partial charge on any atom is -0.469 e. The fourth-order valence-corrected chi connectivity index (χ4v) is 8.50. The van der Waals surface area contributed by atoms with Gasteiger partial charge in [-0.1, -0.05) is 27.2 Å². The molecule has 3 saturated carbocycles. The van der Waals surface area contributed by atoms with Crippen molar-refractivity contribution in [2.75, 3.05) is 20.8 Å². The van der Waals surface area contributed by atoms with Gasteiger partial charge < -0.3 is 18.9 Å². The fraction of sp³-hybridized carbons (Fsp3) is 0.917. The third-order valence-corrected chi connectivity index (χ3v) is 9.44. The SMILES string of the molecule is COC(=O)[C@@H]1CC[C@@H]2[C@@]3(C)CCCC(C)(C)[C@@H]3C[C@@H](OC(C)=O)[C@@]23[C@@H](OC)OC[C@H]13. The molecular weight excluding hydrogens is 384 g/mol. The number of ether oxygens (including phenoxy) is 4. The number of esters is 2. The van der Waals surface area contributed by atoms with Gasteiger partial charge in [-0.15, -0.1) is 0 Å². The Morgan fingerprint density at radius 1 is 1.03 bits per heavy atom. The molecule has 0 unspecified atom stereocenters. The predicted molar refractivity (Wildman–Crippen MR) is 110 cm³/mol. The number of hydrogen-bond acceptors (Lipinski definition) is 6. The van der Waals surface area contributed by atoms with Crippen LogP contribution in [0.15, 0.2) is 0 Å². The zero-order valence-electron chi connectivity index (χ0n) is 19.4. The van der Waals surface area contributed by atoms with Gasteiger partial charge >= 0.3 is 11.9 Å². The molecule has 6 nitrogen and oxygen atoms in total. The summed E-state index contributed by atoms with van der Waals surface area (Å²) < 4.78 is 23.4. The molecule has 0 amide bonds. The Kier molecular flexibility index (Phi) is 5.50. The first-order chi connectivity index (χ1) is 14.1. The molecule has 1 heterocycles. The molecule has 1 aliphatic heterocycles. The van der Waals surface area contributed by atoms with E-state index in [4.69, 9.17) is 18.9 Å². The van der Waals surface area contributed by atoms with Crippen LogP contribution in [0.4, 0.5) is 0 Å². The summed E-state index contributed by atoms with van der Waals surface area (Å²) >= 11 is 0. The van der Waals surface area contributed by atoms with E-state index in [0.717, 1.165) is 25.7 Å². The van der Waals surface area contributed by atoms with Gasteiger partial charge in [0.15, 0.2) is 6.29 Å². The van der Waals surface area contributed by atoms with E-state index in [0.29, 0.717) is 12.5 Å². The van der Waals surface area contributed by atoms with Gasteiger partial charge in [0.05, 0.1) is 25.0 Å². The minimum atomic E-state index is -0.518. The van der Waals surface area contributed by atoms with Gasteiger partial charge in [0, 0.05) is 20.0 Å². The predicted octanol–water partition coefficient (Wildman–Crippen LogP) is 3.96.